The van der Waals surface area contributed by atoms with E-state index in [-0.39, 0.29) is 23.2 Å². The maximum absolute atomic E-state index is 10.9. The Morgan fingerprint density at radius 2 is 2.53 bits per heavy atom. The van der Waals surface area contributed by atoms with Crippen molar-refractivity contribution in [1.82, 2.24) is 4.98 Å². The molecular formula is C12H14N4O3. The summed E-state index contributed by atoms with van der Waals surface area (Å²) in [5, 5.41) is 22.5. The number of nitriles is 1. The van der Waals surface area contributed by atoms with Crippen molar-refractivity contribution in [1.29, 1.82) is 5.26 Å². The van der Waals surface area contributed by atoms with Gasteiger partial charge in [-0.25, -0.2) is 4.98 Å². The van der Waals surface area contributed by atoms with Crippen LogP contribution in [0.15, 0.2) is 12.3 Å². The topological polar surface area (TPSA) is 101 Å². The fourth-order valence-corrected chi connectivity index (χ4v) is 2.01. The molecule has 0 saturated carbocycles. The molecule has 2 rings (SSSR count). The lowest BCUT2D eigenvalue weighted by Crippen LogP contribution is -2.14. The highest BCUT2D eigenvalue weighted by Crippen LogP contribution is 2.23. The molecule has 1 saturated heterocycles. The zero-order valence-corrected chi connectivity index (χ0v) is 10.3. The maximum atomic E-state index is 10.9. The van der Waals surface area contributed by atoms with Crippen molar-refractivity contribution in [2.75, 3.05) is 18.5 Å². The number of anilines is 1. The average Bonchev–Trinajstić information content (AvgIpc) is 2.92. The fraction of sp³-hybridized carbons (Fsp3) is 0.500. The fourth-order valence-electron chi connectivity index (χ4n) is 2.01. The number of hydrogen-bond donors (Lipinski definition) is 1. The highest BCUT2D eigenvalue weighted by molar-refractivity contribution is 5.58. The van der Waals surface area contributed by atoms with Gasteiger partial charge >= 0.3 is 5.69 Å². The average molecular weight is 262 g/mol. The highest BCUT2D eigenvalue weighted by atomic mass is 16.6. The Hall–Kier alpha value is -2.20. The Bertz CT molecular complexity index is 506. The Balaban J connectivity index is 1.98. The number of ether oxygens (including phenoxy) is 1. The molecule has 100 valence electrons. The minimum absolute atomic E-state index is 0.175. The molecule has 1 aromatic heterocycles. The van der Waals surface area contributed by atoms with Crippen LogP contribution in [0.5, 0.6) is 0 Å². The van der Waals surface area contributed by atoms with Crippen molar-refractivity contribution < 1.29 is 9.66 Å². The Kier molecular flexibility index (Phi) is 4.26. The van der Waals surface area contributed by atoms with Crippen LogP contribution in [0.4, 0.5) is 11.5 Å². The largest absolute Gasteiger partial charge is 0.378 e. The van der Waals surface area contributed by atoms with Gasteiger partial charge < -0.3 is 10.1 Å². The van der Waals surface area contributed by atoms with Gasteiger partial charge in [0.2, 0.25) is 5.82 Å². The summed E-state index contributed by atoms with van der Waals surface area (Å²) in [5.74, 6) is 0.196. The van der Waals surface area contributed by atoms with Gasteiger partial charge in [-0.15, -0.1) is 0 Å². The minimum Gasteiger partial charge on any atom is -0.378 e. The summed E-state index contributed by atoms with van der Waals surface area (Å²) in [5.41, 5.74) is 0.00256. The van der Waals surface area contributed by atoms with E-state index in [0.29, 0.717) is 6.54 Å². The van der Waals surface area contributed by atoms with Gasteiger partial charge in [-0.05, 0) is 19.3 Å². The number of nitro groups is 1. The first-order valence-electron chi connectivity index (χ1n) is 6.10. The number of hydrogen-bond acceptors (Lipinski definition) is 6. The summed E-state index contributed by atoms with van der Waals surface area (Å²) >= 11 is 0. The Morgan fingerprint density at radius 1 is 1.68 bits per heavy atom. The van der Waals surface area contributed by atoms with Crippen molar-refractivity contribution in [2.45, 2.75) is 25.4 Å². The van der Waals surface area contributed by atoms with Gasteiger partial charge in [0.1, 0.15) is 6.07 Å². The number of pyridine rings is 1. The van der Waals surface area contributed by atoms with E-state index in [2.05, 4.69) is 10.3 Å². The zero-order valence-electron chi connectivity index (χ0n) is 10.3. The van der Waals surface area contributed by atoms with E-state index in [4.69, 9.17) is 10.00 Å². The smallest absolute Gasteiger partial charge is 0.312 e. The van der Waals surface area contributed by atoms with Crippen LogP contribution in [0.1, 0.15) is 24.8 Å². The first-order chi connectivity index (χ1) is 9.20. The molecule has 0 aliphatic carbocycles. The van der Waals surface area contributed by atoms with Crippen LogP contribution in [-0.2, 0) is 4.74 Å². The van der Waals surface area contributed by atoms with E-state index in [1.54, 1.807) is 0 Å². The molecule has 1 unspecified atom stereocenters. The molecule has 1 aliphatic heterocycles. The number of nitrogens with one attached hydrogen (secondary N) is 1. The minimum atomic E-state index is -0.539. The second-order valence-electron chi connectivity index (χ2n) is 4.31. The molecule has 1 fully saturated rings. The van der Waals surface area contributed by atoms with E-state index in [1.165, 1.54) is 12.3 Å². The molecular weight excluding hydrogens is 248 g/mol. The molecule has 0 radical (unpaired) electrons. The van der Waals surface area contributed by atoms with Crippen LogP contribution < -0.4 is 5.32 Å². The number of aromatic nitrogens is 1. The van der Waals surface area contributed by atoms with Crippen LogP contribution in [0, 0.1) is 21.4 Å². The molecule has 0 aromatic carbocycles. The highest BCUT2D eigenvalue weighted by Gasteiger charge is 2.18. The predicted molar refractivity (Wildman–Crippen MR) is 67.7 cm³/mol. The van der Waals surface area contributed by atoms with Crippen molar-refractivity contribution in [3.05, 3.63) is 27.9 Å². The molecule has 0 bridgehead atoms. The third-order valence-corrected chi connectivity index (χ3v) is 2.98. The summed E-state index contributed by atoms with van der Waals surface area (Å²) in [6, 6.07) is 3.06. The third-order valence-electron chi connectivity index (χ3n) is 2.98. The number of rotatable bonds is 5. The molecule has 1 atom stereocenters. The van der Waals surface area contributed by atoms with E-state index in [1.807, 2.05) is 6.07 Å². The van der Waals surface area contributed by atoms with Crippen LogP contribution >= 0.6 is 0 Å². The van der Waals surface area contributed by atoms with Crippen LogP contribution in [0.2, 0.25) is 0 Å². The molecule has 0 spiro atoms. The first kappa shape index (κ1) is 13.2. The van der Waals surface area contributed by atoms with Crippen molar-refractivity contribution in [3.8, 4) is 6.07 Å². The normalized spacial score (nSPS) is 17.9. The van der Waals surface area contributed by atoms with E-state index >= 15 is 0 Å². The third kappa shape index (κ3) is 3.39. The summed E-state index contributed by atoms with van der Waals surface area (Å²) in [6.07, 6.45) is 4.44. The second kappa shape index (κ2) is 6.11. The lowest BCUT2D eigenvalue weighted by Gasteiger charge is -2.10. The van der Waals surface area contributed by atoms with E-state index in [0.717, 1.165) is 25.9 Å². The first-order valence-corrected chi connectivity index (χ1v) is 6.10. The summed E-state index contributed by atoms with van der Waals surface area (Å²) in [7, 11) is 0. The van der Waals surface area contributed by atoms with Crippen molar-refractivity contribution >= 4 is 11.5 Å². The summed E-state index contributed by atoms with van der Waals surface area (Å²) < 4.78 is 5.47. The molecule has 0 amide bonds. The molecule has 1 aliphatic rings. The molecule has 2 heterocycles. The van der Waals surface area contributed by atoms with Gasteiger partial charge in [0, 0.05) is 25.4 Å². The lowest BCUT2D eigenvalue weighted by atomic mass is 10.2. The van der Waals surface area contributed by atoms with Gasteiger partial charge in [0.05, 0.1) is 16.6 Å². The Labute approximate surface area is 110 Å². The molecule has 7 nitrogen and oxygen atoms in total. The summed E-state index contributed by atoms with van der Waals surface area (Å²) in [4.78, 5) is 14.3. The van der Waals surface area contributed by atoms with Crippen LogP contribution in [-0.4, -0.2) is 29.2 Å². The monoisotopic (exact) mass is 262 g/mol. The molecule has 19 heavy (non-hydrogen) atoms. The quantitative estimate of drug-likeness (QED) is 0.641. The number of nitrogens with zero attached hydrogens (tertiary/aromatic N) is 3. The molecule has 7 heteroatoms. The van der Waals surface area contributed by atoms with Gasteiger partial charge in [-0.2, -0.15) is 5.26 Å². The SMILES string of the molecule is N#Cc1cnc(NCCC2CCCO2)c([N+](=O)[O-])c1. The van der Waals surface area contributed by atoms with Gasteiger partial charge in [-0.1, -0.05) is 0 Å². The zero-order chi connectivity index (χ0) is 13.7. The Morgan fingerprint density at radius 3 is 3.16 bits per heavy atom. The van der Waals surface area contributed by atoms with E-state index in [9.17, 15) is 10.1 Å². The van der Waals surface area contributed by atoms with Gasteiger partial charge in [0.15, 0.2) is 0 Å². The lowest BCUT2D eigenvalue weighted by molar-refractivity contribution is -0.384. The van der Waals surface area contributed by atoms with Gasteiger partial charge in [0.25, 0.3) is 0 Å². The molecule has 1 N–H and O–H groups in total. The van der Waals surface area contributed by atoms with Crippen LogP contribution in [0.3, 0.4) is 0 Å². The standard InChI is InChI=1S/C12H14N4O3/c13-7-9-6-11(16(17)18)12(15-8-9)14-4-3-10-2-1-5-19-10/h6,8,10H,1-5H2,(H,14,15). The van der Waals surface area contributed by atoms with Crippen molar-refractivity contribution in [2.24, 2.45) is 0 Å². The maximum Gasteiger partial charge on any atom is 0.312 e. The van der Waals surface area contributed by atoms with Crippen molar-refractivity contribution in [3.63, 3.8) is 0 Å². The summed E-state index contributed by atoms with van der Waals surface area (Å²) in [6.45, 7) is 1.35. The van der Waals surface area contributed by atoms with Crippen LogP contribution in [0.25, 0.3) is 0 Å². The predicted octanol–water partition coefficient (Wildman–Crippen LogP) is 1.84. The van der Waals surface area contributed by atoms with Gasteiger partial charge in [-0.3, -0.25) is 10.1 Å². The molecule has 1 aromatic rings. The second-order valence-corrected chi connectivity index (χ2v) is 4.31. The van der Waals surface area contributed by atoms with E-state index < -0.39 is 4.92 Å².